The molecule has 1 aromatic rings. The smallest absolute Gasteiger partial charge is 0.326 e. The lowest BCUT2D eigenvalue weighted by molar-refractivity contribution is -0.140. The van der Waals surface area contributed by atoms with Crippen molar-refractivity contribution in [3.63, 3.8) is 0 Å². The zero-order valence-corrected chi connectivity index (χ0v) is 13.8. The highest BCUT2D eigenvalue weighted by molar-refractivity contribution is 9.11. The van der Waals surface area contributed by atoms with E-state index in [4.69, 9.17) is 10.2 Å². The molecule has 0 aliphatic carbocycles. The molecular formula is C12H12Br2N2O5. The summed E-state index contributed by atoms with van der Waals surface area (Å²) in [5, 5.41) is 22.2. The summed E-state index contributed by atoms with van der Waals surface area (Å²) in [5.41, 5.74) is 0.448. The van der Waals surface area contributed by atoms with Gasteiger partial charge in [-0.15, -0.1) is 0 Å². The topological polar surface area (TPSA) is 116 Å². The van der Waals surface area contributed by atoms with E-state index in [1.807, 2.05) is 0 Å². The lowest BCUT2D eigenvalue weighted by Crippen LogP contribution is -2.43. The first kappa shape index (κ1) is 17.4. The van der Waals surface area contributed by atoms with Gasteiger partial charge in [0, 0.05) is 15.4 Å². The third kappa shape index (κ3) is 6.13. The molecule has 0 aliphatic heterocycles. The van der Waals surface area contributed by atoms with Gasteiger partial charge in [-0.3, -0.25) is 4.79 Å². The van der Waals surface area contributed by atoms with E-state index in [1.165, 1.54) is 0 Å². The summed E-state index contributed by atoms with van der Waals surface area (Å²) >= 11 is 6.50. The molecule has 2 amide bonds. The summed E-state index contributed by atoms with van der Waals surface area (Å²) in [6.45, 7) is 0. The Kier molecular flexibility index (Phi) is 6.63. The molecule has 0 radical (unpaired) electrons. The second kappa shape index (κ2) is 7.99. The van der Waals surface area contributed by atoms with Crippen LogP contribution in [0.5, 0.6) is 0 Å². The molecule has 0 spiro atoms. The molecule has 0 bridgehead atoms. The lowest BCUT2D eigenvalue weighted by Gasteiger charge is -2.15. The molecule has 0 fully saturated rings. The van der Waals surface area contributed by atoms with Gasteiger partial charge in [0.25, 0.3) is 0 Å². The van der Waals surface area contributed by atoms with E-state index in [2.05, 4.69) is 42.5 Å². The Morgan fingerprint density at radius 2 is 1.86 bits per heavy atom. The summed E-state index contributed by atoms with van der Waals surface area (Å²) in [4.78, 5) is 33.2. The number of benzene rings is 1. The maximum absolute atomic E-state index is 11.8. The Bertz CT molecular complexity index is 565. The number of nitrogens with one attached hydrogen (secondary N) is 2. The van der Waals surface area contributed by atoms with E-state index in [1.54, 1.807) is 18.2 Å². The van der Waals surface area contributed by atoms with Gasteiger partial charge in [0.15, 0.2) is 0 Å². The molecule has 7 nitrogen and oxygen atoms in total. The van der Waals surface area contributed by atoms with Gasteiger partial charge >= 0.3 is 18.0 Å². The first-order valence-electron chi connectivity index (χ1n) is 5.76. The molecule has 1 rings (SSSR count). The Morgan fingerprint density at radius 3 is 2.43 bits per heavy atom. The number of hydrogen-bond donors (Lipinski definition) is 4. The van der Waals surface area contributed by atoms with Gasteiger partial charge < -0.3 is 20.8 Å². The van der Waals surface area contributed by atoms with Crippen LogP contribution < -0.4 is 10.6 Å². The fourth-order valence-corrected chi connectivity index (χ4v) is 2.14. The minimum Gasteiger partial charge on any atom is -0.481 e. The van der Waals surface area contributed by atoms with Gasteiger partial charge in [-0.1, -0.05) is 15.9 Å². The third-order valence-electron chi connectivity index (χ3n) is 2.43. The van der Waals surface area contributed by atoms with Gasteiger partial charge in [0.2, 0.25) is 0 Å². The summed E-state index contributed by atoms with van der Waals surface area (Å²) in [6.07, 6.45) is -0.546. The molecule has 1 unspecified atom stereocenters. The predicted octanol–water partition coefficient (Wildman–Crippen LogP) is 2.65. The van der Waals surface area contributed by atoms with Crippen molar-refractivity contribution in [2.45, 2.75) is 18.9 Å². The van der Waals surface area contributed by atoms with Gasteiger partial charge in [-0.25, -0.2) is 9.59 Å². The molecule has 0 saturated carbocycles. The Hall–Kier alpha value is -1.61. The van der Waals surface area contributed by atoms with Crippen molar-refractivity contribution in [2.24, 2.45) is 0 Å². The van der Waals surface area contributed by atoms with Crippen LogP contribution in [0.4, 0.5) is 10.5 Å². The largest absolute Gasteiger partial charge is 0.481 e. The van der Waals surface area contributed by atoms with Gasteiger partial charge in [-0.2, -0.15) is 0 Å². The first-order chi connectivity index (χ1) is 9.79. The molecule has 1 atom stereocenters. The molecular weight excluding hydrogens is 412 g/mol. The number of halogens is 2. The van der Waals surface area contributed by atoms with E-state index in [0.717, 1.165) is 4.47 Å². The van der Waals surface area contributed by atoms with E-state index >= 15 is 0 Å². The van der Waals surface area contributed by atoms with Crippen molar-refractivity contribution in [3.05, 3.63) is 27.1 Å². The number of hydrogen-bond acceptors (Lipinski definition) is 3. The van der Waals surface area contributed by atoms with Crippen molar-refractivity contribution < 1.29 is 24.6 Å². The number of aliphatic carboxylic acids is 2. The molecule has 0 heterocycles. The highest BCUT2D eigenvalue weighted by Crippen LogP contribution is 2.26. The number of anilines is 1. The number of urea groups is 1. The van der Waals surface area contributed by atoms with Crippen molar-refractivity contribution >= 4 is 55.5 Å². The highest BCUT2D eigenvalue weighted by Gasteiger charge is 2.21. The summed E-state index contributed by atoms with van der Waals surface area (Å²) in [5.74, 6) is -2.42. The average Bonchev–Trinajstić information content (AvgIpc) is 2.38. The van der Waals surface area contributed by atoms with Crippen LogP contribution in [0.1, 0.15) is 12.8 Å². The predicted molar refractivity (Wildman–Crippen MR) is 82.3 cm³/mol. The quantitative estimate of drug-likeness (QED) is 0.561. The first-order valence-corrected chi connectivity index (χ1v) is 7.35. The Labute approximate surface area is 137 Å². The average molecular weight is 424 g/mol. The number of carbonyl (C=O) groups excluding carboxylic acids is 1. The minimum atomic E-state index is -1.29. The molecule has 9 heteroatoms. The maximum atomic E-state index is 11.8. The van der Waals surface area contributed by atoms with Gasteiger partial charge in [0.1, 0.15) is 6.04 Å². The summed E-state index contributed by atoms with van der Waals surface area (Å²) in [7, 11) is 0. The van der Waals surface area contributed by atoms with E-state index < -0.39 is 24.0 Å². The second-order valence-corrected chi connectivity index (χ2v) is 5.82. The molecule has 0 aliphatic rings. The van der Waals surface area contributed by atoms with Crippen molar-refractivity contribution in [1.29, 1.82) is 0 Å². The van der Waals surface area contributed by atoms with Crippen LogP contribution in [0, 0.1) is 0 Å². The fourth-order valence-electron chi connectivity index (χ4n) is 1.44. The van der Waals surface area contributed by atoms with E-state index in [0.29, 0.717) is 10.2 Å². The van der Waals surface area contributed by atoms with Crippen molar-refractivity contribution in [3.8, 4) is 0 Å². The molecule has 21 heavy (non-hydrogen) atoms. The van der Waals surface area contributed by atoms with Crippen LogP contribution in [0.25, 0.3) is 0 Å². The van der Waals surface area contributed by atoms with E-state index in [9.17, 15) is 14.4 Å². The standard InChI is InChI=1S/C12H12Br2N2O5/c13-6-1-2-7(14)9(5-6)16-12(21)15-8(11(19)20)3-4-10(17)18/h1-2,5,8H,3-4H2,(H,17,18)(H,19,20)(H2,15,16,21). The van der Waals surface area contributed by atoms with Crippen LogP contribution in [-0.2, 0) is 9.59 Å². The Balaban J connectivity index is 2.67. The fraction of sp³-hybridized carbons (Fsp3) is 0.250. The van der Waals surface area contributed by atoms with Crippen LogP contribution in [0.2, 0.25) is 0 Å². The maximum Gasteiger partial charge on any atom is 0.326 e. The van der Waals surface area contributed by atoms with Crippen LogP contribution in [0.3, 0.4) is 0 Å². The molecule has 0 saturated heterocycles. The number of carbonyl (C=O) groups is 3. The zero-order chi connectivity index (χ0) is 16.0. The third-order valence-corrected chi connectivity index (χ3v) is 3.61. The summed E-state index contributed by atoms with van der Waals surface area (Å²) < 4.78 is 1.36. The second-order valence-electron chi connectivity index (χ2n) is 4.05. The Morgan fingerprint density at radius 1 is 1.19 bits per heavy atom. The molecule has 1 aromatic carbocycles. The SMILES string of the molecule is O=C(O)CCC(NC(=O)Nc1cc(Br)ccc1Br)C(=O)O. The number of carboxylic acid groups (broad SMARTS) is 2. The van der Waals surface area contributed by atoms with Crippen molar-refractivity contribution in [2.75, 3.05) is 5.32 Å². The molecule has 114 valence electrons. The van der Waals surface area contributed by atoms with Gasteiger partial charge in [0.05, 0.1) is 5.69 Å². The van der Waals surface area contributed by atoms with Crippen LogP contribution in [-0.4, -0.2) is 34.2 Å². The minimum absolute atomic E-state index is 0.197. The highest BCUT2D eigenvalue weighted by atomic mass is 79.9. The van der Waals surface area contributed by atoms with E-state index in [-0.39, 0.29) is 12.8 Å². The number of amides is 2. The molecule has 4 N–H and O–H groups in total. The van der Waals surface area contributed by atoms with Crippen LogP contribution in [0.15, 0.2) is 27.1 Å². The summed E-state index contributed by atoms with van der Waals surface area (Å²) in [6, 6.07) is 3.11. The molecule has 0 aromatic heterocycles. The normalized spacial score (nSPS) is 11.5. The number of carboxylic acids is 2. The lowest BCUT2D eigenvalue weighted by atomic mass is 10.1. The number of rotatable bonds is 6. The van der Waals surface area contributed by atoms with Crippen molar-refractivity contribution in [1.82, 2.24) is 5.32 Å². The van der Waals surface area contributed by atoms with Crippen LogP contribution >= 0.6 is 31.9 Å². The zero-order valence-electron chi connectivity index (χ0n) is 10.6. The van der Waals surface area contributed by atoms with Gasteiger partial charge in [-0.05, 0) is 40.5 Å². The monoisotopic (exact) mass is 422 g/mol.